The third-order valence-electron chi connectivity index (χ3n) is 0.682. The van der Waals surface area contributed by atoms with Crippen molar-refractivity contribution in [3.05, 3.63) is 0 Å². The lowest BCUT2D eigenvalue weighted by atomic mass is 10.5. The van der Waals surface area contributed by atoms with Crippen LogP contribution in [0, 0.1) is 0 Å². The molecule has 0 aromatic carbocycles. The van der Waals surface area contributed by atoms with E-state index >= 15 is 0 Å². The van der Waals surface area contributed by atoms with E-state index < -0.39 is 12.2 Å². The average molecular weight is 94.1 g/mol. The molecule has 6 heavy (non-hydrogen) atoms. The van der Waals surface area contributed by atoms with Crippen LogP contribution >= 0.6 is 0 Å². The Labute approximate surface area is 33.9 Å². The molecule has 36 valence electrons. The highest BCUT2D eigenvalue weighted by Crippen LogP contribution is 2.37. The lowest BCUT2D eigenvalue weighted by molar-refractivity contribution is 0.159. The zero-order valence-corrected chi connectivity index (χ0v) is 3.24. The predicted molar refractivity (Wildman–Crippen MR) is 15.5 cm³/mol. The quantitative estimate of drug-likeness (QED) is 0.408. The van der Waals surface area contributed by atoms with E-state index in [0.717, 1.165) is 6.92 Å². The molecule has 1 rings (SSSR count). The summed E-state index contributed by atoms with van der Waals surface area (Å²) in [4.78, 5) is 0. The Morgan fingerprint density at radius 1 is 1.83 bits per heavy atom. The van der Waals surface area contributed by atoms with Gasteiger partial charge in [-0.15, -0.1) is 0 Å². The molecule has 2 unspecified atom stereocenters. The minimum absolute atomic E-state index is 1.05. The van der Waals surface area contributed by atoms with Gasteiger partial charge in [-0.3, -0.25) is 0 Å². The molecule has 1 aliphatic heterocycles. The fraction of sp³-hybridized carbons (Fsp3) is 1.00. The van der Waals surface area contributed by atoms with E-state index in [0.29, 0.717) is 0 Å². The van der Waals surface area contributed by atoms with Crippen LogP contribution in [-0.4, -0.2) is 12.2 Å². The zero-order chi connectivity index (χ0) is 4.78. The molecule has 0 aromatic rings. The van der Waals surface area contributed by atoms with Crippen molar-refractivity contribution < 1.29 is 13.5 Å². The molecule has 1 nitrogen and oxygen atoms in total. The van der Waals surface area contributed by atoms with Crippen molar-refractivity contribution in [2.45, 2.75) is 19.1 Å². The van der Waals surface area contributed by atoms with Gasteiger partial charge in [0.1, 0.15) is 0 Å². The summed E-state index contributed by atoms with van der Waals surface area (Å²) in [5, 5.41) is 0. The van der Waals surface area contributed by atoms with Gasteiger partial charge >= 0.3 is 0 Å². The summed E-state index contributed by atoms with van der Waals surface area (Å²) in [6, 6.07) is 0. The molecule has 1 fully saturated rings. The molecule has 2 atom stereocenters. The first kappa shape index (κ1) is 3.99. The fourth-order valence-electron chi connectivity index (χ4n) is 0.168. The molecular weight excluding hydrogens is 90.0 g/mol. The summed E-state index contributed by atoms with van der Waals surface area (Å²) in [5.41, 5.74) is 0. The minimum atomic E-state index is -1.96. The highest BCUT2D eigenvalue weighted by Gasteiger charge is 2.54. The molecule has 0 amide bonds. The van der Waals surface area contributed by atoms with Gasteiger partial charge in [-0.05, 0) is 0 Å². The highest BCUT2D eigenvalue weighted by atomic mass is 19.2. The lowest BCUT2D eigenvalue weighted by Crippen LogP contribution is -1.93. The van der Waals surface area contributed by atoms with Gasteiger partial charge in [-0.2, -0.15) is 0 Å². The fourth-order valence-corrected chi connectivity index (χ4v) is 0.168. The molecule has 0 spiro atoms. The van der Waals surface area contributed by atoms with E-state index in [1.807, 2.05) is 0 Å². The lowest BCUT2D eigenvalue weighted by Gasteiger charge is -1.77. The molecule has 0 radical (unpaired) electrons. The zero-order valence-electron chi connectivity index (χ0n) is 3.24. The van der Waals surface area contributed by atoms with E-state index in [1.54, 1.807) is 0 Å². The smallest absolute Gasteiger partial charge is 0.265 e. The number of rotatable bonds is 0. The van der Waals surface area contributed by atoms with Crippen LogP contribution in [0.1, 0.15) is 6.92 Å². The number of epoxide rings is 1. The Bertz CT molecular complexity index is 71.2. The second kappa shape index (κ2) is 0.729. The van der Waals surface area contributed by atoms with Gasteiger partial charge in [0.25, 0.3) is 12.2 Å². The Kier molecular flexibility index (Phi) is 0.485. The van der Waals surface area contributed by atoms with E-state index in [1.165, 1.54) is 0 Å². The van der Waals surface area contributed by atoms with Crippen LogP contribution in [0.2, 0.25) is 0 Å². The summed E-state index contributed by atoms with van der Waals surface area (Å²) in [7, 11) is 0. The maximum absolute atomic E-state index is 11.6. The van der Waals surface area contributed by atoms with Gasteiger partial charge in [0.05, 0.1) is 0 Å². The van der Waals surface area contributed by atoms with Crippen molar-refractivity contribution in [3.8, 4) is 0 Å². The van der Waals surface area contributed by atoms with E-state index in [4.69, 9.17) is 0 Å². The first-order valence-corrected chi connectivity index (χ1v) is 1.64. The maximum atomic E-state index is 11.6. The van der Waals surface area contributed by atoms with Crippen LogP contribution in [0.5, 0.6) is 0 Å². The molecule has 3 heteroatoms. The first-order chi connectivity index (χ1) is 2.63. The maximum Gasteiger partial charge on any atom is 0.265 e. The highest BCUT2D eigenvalue weighted by molar-refractivity contribution is 4.78. The van der Waals surface area contributed by atoms with Crippen molar-refractivity contribution in [2.24, 2.45) is 0 Å². The molecule has 0 N–H and O–H groups in total. The second-order valence-electron chi connectivity index (χ2n) is 1.42. The molecule has 1 saturated heterocycles. The Hall–Kier alpha value is -0.180. The Morgan fingerprint density at radius 3 is 2.00 bits per heavy atom. The van der Waals surface area contributed by atoms with E-state index in [-0.39, 0.29) is 0 Å². The van der Waals surface area contributed by atoms with Crippen LogP contribution in [0.15, 0.2) is 0 Å². The third kappa shape index (κ3) is 0.391. The van der Waals surface area contributed by atoms with Crippen LogP contribution < -0.4 is 0 Å². The van der Waals surface area contributed by atoms with Crippen molar-refractivity contribution in [1.29, 1.82) is 0 Å². The Balaban J connectivity index is 2.41. The summed E-state index contributed by atoms with van der Waals surface area (Å²) in [5.74, 6) is -1.96. The van der Waals surface area contributed by atoms with Crippen LogP contribution in [0.4, 0.5) is 8.78 Å². The molecular formula is C3H4F2O. The summed E-state index contributed by atoms with van der Waals surface area (Å²) >= 11 is 0. The van der Waals surface area contributed by atoms with Gasteiger partial charge in [0.15, 0.2) is 0 Å². The minimum Gasteiger partial charge on any atom is -0.302 e. The molecule has 0 saturated carbocycles. The topological polar surface area (TPSA) is 12.5 Å². The Morgan fingerprint density at radius 2 is 2.00 bits per heavy atom. The van der Waals surface area contributed by atoms with Crippen molar-refractivity contribution in [2.75, 3.05) is 0 Å². The molecule has 0 aliphatic carbocycles. The predicted octanol–water partition coefficient (Wildman–Crippen LogP) is 0.998. The summed E-state index contributed by atoms with van der Waals surface area (Å²) in [6.45, 7) is 1.05. The largest absolute Gasteiger partial charge is 0.302 e. The molecule has 1 heterocycles. The van der Waals surface area contributed by atoms with Gasteiger partial charge in [0, 0.05) is 6.92 Å². The normalized spacial score (nSPS) is 55.5. The van der Waals surface area contributed by atoms with E-state index in [9.17, 15) is 8.78 Å². The number of alkyl halides is 2. The van der Waals surface area contributed by atoms with Gasteiger partial charge in [-0.25, -0.2) is 8.78 Å². The number of hydrogen-bond donors (Lipinski definition) is 0. The van der Waals surface area contributed by atoms with Crippen LogP contribution in [0.25, 0.3) is 0 Å². The van der Waals surface area contributed by atoms with E-state index in [2.05, 4.69) is 4.74 Å². The summed E-state index contributed by atoms with van der Waals surface area (Å²) < 4.78 is 26.7. The second-order valence-corrected chi connectivity index (χ2v) is 1.42. The SMILES string of the molecule is CC1(F)OC1F. The average Bonchev–Trinajstić information content (AvgIpc) is 1.73. The standard InChI is InChI=1S/C3H4F2O/c1-3(5)2(4)6-3/h2H,1H3. The monoisotopic (exact) mass is 94.0 g/mol. The van der Waals surface area contributed by atoms with Gasteiger partial charge in [0.2, 0.25) is 0 Å². The van der Waals surface area contributed by atoms with Crippen molar-refractivity contribution >= 4 is 0 Å². The third-order valence-corrected chi connectivity index (χ3v) is 0.682. The van der Waals surface area contributed by atoms with Crippen molar-refractivity contribution in [3.63, 3.8) is 0 Å². The van der Waals surface area contributed by atoms with Gasteiger partial charge in [-0.1, -0.05) is 0 Å². The number of halogens is 2. The molecule has 0 aromatic heterocycles. The molecule has 1 aliphatic rings. The van der Waals surface area contributed by atoms with Crippen molar-refractivity contribution in [1.82, 2.24) is 0 Å². The molecule has 0 bridgehead atoms. The van der Waals surface area contributed by atoms with Crippen LogP contribution in [0.3, 0.4) is 0 Å². The summed E-state index contributed by atoms with van der Waals surface area (Å²) in [6.07, 6.45) is -1.67. The number of hydrogen-bond acceptors (Lipinski definition) is 1. The number of ether oxygens (including phenoxy) is 1. The van der Waals surface area contributed by atoms with Gasteiger partial charge < -0.3 is 4.74 Å². The first-order valence-electron chi connectivity index (χ1n) is 1.64. The van der Waals surface area contributed by atoms with Crippen LogP contribution in [-0.2, 0) is 4.74 Å².